The predicted molar refractivity (Wildman–Crippen MR) is 268 cm³/mol. The van der Waals surface area contributed by atoms with Crippen LogP contribution in [0.5, 0.6) is 0 Å². The summed E-state index contributed by atoms with van der Waals surface area (Å²) < 4.78 is 0. The molecule has 334 valence electrons. The molecule has 0 nitrogen and oxygen atoms in total. The minimum absolute atomic E-state index is 0.0319. The van der Waals surface area contributed by atoms with Crippen molar-refractivity contribution in [3.8, 4) is 0 Å². The maximum atomic E-state index is 4.83. The first-order valence-electron chi connectivity index (χ1n) is 19.9. The summed E-state index contributed by atoms with van der Waals surface area (Å²) in [6.07, 6.45) is 7.94. The van der Waals surface area contributed by atoms with E-state index >= 15 is 0 Å². The summed E-state index contributed by atoms with van der Waals surface area (Å²) in [6.45, 7) is 42.4. The van der Waals surface area contributed by atoms with E-state index in [2.05, 4.69) is 216 Å². The molecule has 3 rings (SSSR count). The average Bonchev–Trinajstić information content (AvgIpc) is 3.03. The van der Waals surface area contributed by atoms with Crippen molar-refractivity contribution in [1.82, 2.24) is 0 Å². The number of hydrogen-bond donors (Lipinski definition) is 0. The molecule has 3 aromatic carbocycles. The second-order valence-electron chi connectivity index (χ2n) is 22.0. The Bertz CT molecular complexity index is 1170. The Kier molecular flexibility index (Phi) is 31.5. The standard InChI is InChI=1S/3C16H27P.4ClH.2Rh/c3*1-15(2,3)12-17(13-16(4,5)6)14-10-8-7-9-11-14;;;;;;/h3*7-11H,12-13H2,1-6H3;4*1H;;/q;;;;;;;2*+2/p-4. The van der Waals surface area contributed by atoms with Crippen LogP contribution in [0.25, 0.3) is 0 Å². The Morgan fingerprint density at radius 3 is 0.526 bits per heavy atom. The van der Waals surface area contributed by atoms with Gasteiger partial charge in [0.1, 0.15) is 0 Å². The van der Waals surface area contributed by atoms with Crippen molar-refractivity contribution >= 4 is 78.4 Å². The summed E-state index contributed by atoms with van der Waals surface area (Å²) in [7, 11) is 19.2. The molecule has 0 aliphatic heterocycles. The van der Waals surface area contributed by atoms with E-state index in [0.29, 0.717) is 32.5 Å². The van der Waals surface area contributed by atoms with E-state index in [-0.39, 0.29) is 54.1 Å². The van der Waals surface area contributed by atoms with Gasteiger partial charge in [-0.15, -0.1) is 0 Å². The SMILES string of the molecule is CC(C)(C)CP(CC(C)(C)C)c1ccccc1.CC(C)(C)CP(CC(C)(C)C)c1ccccc1.CC(C)(C)CP(CC(C)(C)C)c1ccccc1.[Cl][Rh][Cl].[Cl][Rh][Cl]. The zero-order valence-electron chi connectivity index (χ0n) is 38.9. The summed E-state index contributed by atoms with van der Waals surface area (Å²) in [5, 5.41) is 4.69. The number of benzene rings is 3. The first kappa shape index (κ1) is 60.4. The van der Waals surface area contributed by atoms with Crippen molar-refractivity contribution in [3.63, 3.8) is 0 Å². The van der Waals surface area contributed by atoms with Gasteiger partial charge in [-0.3, -0.25) is 0 Å². The summed E-state index contributed by atoms with van der Waals surface area (Å²) in [5.41, 5.74) is 2.54. The zero-order chi connectivity index (χ0) is 44.7. The van der Waals surface area contributed by atoms with Crippen LogP contribution >= 0.6 is 62.5 Å². The molecule has 0 aliphatic carbocycles. The molecule has 0 aliphatic rings. The van der Waals surface area contributed by atoms with Gasteiger partial charge < -0.3 is 0 Å². The van der Waals surface area contributed by atoms with Crippen LogP contribution in [0.4, 0.5) is 0 Å². The van der Waals surface area contributed by atoms with Gasteiger partial charge in [0.2, 0.25) is 0 Å². The van der Waals surface area contributed by atoms with Crippen LogP contribution in [0.2, 0.25) is 0 Å². The Morgan fingerprint density at radius 2 is 0.421 bits per heavy atom. The Labute approximate surface area is 390 Å². The topological polar surface area (TPSA) is 0 Å². The van der Waals surface area contributed by atoms with Gasteiger partial charge >= 0.3 is 69.1 Å². The number of rotatable bonds is 9. The van der Waals surface area contributed by atoms with Gasteiger partial charge in [-0.05, 0) is 85.4 Å². The van der Waals surface area contributed by atoms with Crippen LogP contribution in [-0.2, 0) is 30.3 Å². The molecule has 0 saturated carbocycles. The van der Waals surface area contributed by atoms with E-state index in [1.54, 1.807) is 15.9 Å². The van der Waals surface area contributed by atoms with Crippen molar-refractivity contribution in [2.45, 2.75) is 125 Å². The second-order valence-corrected chi connectivity index (χ2v) is 33.7. The molecule has 0 heterocycles. The zero-order valence-corrected chi connectivity index (χ0v) is 47.9. The molecule has 0 aromatic heterocycles. The van der Waals surface area contributed by atoms with E-state index in [4.69, 9.17) is 38.8 Å². The molecule has 57 heavy (non-hydrogen) atoms. The fourth-order valence-electron chi connectivity index (χ4n) is 6.07. The predicted octanol–water partition coefficient (Wildman–Crippen LogP) is 17.4. The third-order valence-electron chi connectivity index (χ3n) is 7.36. The van der Waals surface area contributed by atoms with Gasteiger partial charge in [0.15, 0.2) is 0 Å². The van der Waals surface area contributed by atoms with Crippen molar-refractivity contribution in [3.05, 3.63) is 91.0 Å². The van der Waals surface area contributed by atoms with Crippen LogP contribution in [-0.4, -0.2) is 37.0 Å². The molecule has 0 fully saturated rings. The molecule has 0 radical (unpaired) electrons. The molecule has 3 aromatic rings. The van der Waals surface area contributed by atoms with Crippen LogP contribution in [0.3, 0.4) is 0 Å². The Balaban J connectivity index is 0. The van der Waals surface area contributed by atoms with Crippen molar-refractivity contribution in [1.29, 1.82) is 0 Å². The fraction of sp³-hybridized carbons (Fsp3) is 0.625. The monoisotopic (exact) mass is 1100 g/mol. The second kappa shape index (κ2) is 29.7. The molecule has 0 N–H and O–H groups in total. The van der Waals surface area contributed by atoms with Crippen LogP contribution in [0, 0.1) is 32.5 Å². The summed E-state index contributed by atoms with van der Waals surface area (Å²) >= 11 is -0.451. The number of hydrogen-bond acceptors (Lipinski definition) is 0. The molecule has 0 atom stereocenters. The molecule has 0 amide bonds. The fourth-order valence-corrected chi connectivity index (χ4v) is 16.2. The quantitative estimate of drug-likeness (QED) is 0.148. The van der Waals surface area contributed by atoms with Crippen molar-refractivity contribution < 1.29 is 30.3 Å². The number of halogens is 4. The first-order valence-corrected chi connectivity index (χ1v) is 33.5. The van der Waals surface area contributed by atoms with E-state index in [1.807, 2.05) is 0 Å². The van der Waals surface area contributed by atoms with Gasteiger partial charge in [-0.2, -0.15) is 0 Å². The normalized spacial score (nSPS) is 12.5. The van der Waals surface area contributed by atoms with Crippen LogP contribution < -0.4 is 15.9 Å². The van der Waals surface area contributed by atoms with E-state index in [0.717, 1.165) is 0 Å². The molecular formula is C48H81Cl4P3Rh2. The maximum absolute atomic E-state index is 4.83. The Morgan fingerprint density at radius 1 is 0.298 bits per heavy atom. The third kappa shape index (κ3) is 38.7. The average molecular weight is 1100 g/mol. The van der Waals surface area contributed by atoms with Crippen LogP contribution in [0.15, 0.2) is 91.0 Å². The van der Waals surface area contributed by atoms with Crippen molar-refractivity contribution in [2.24, 2.45) is 32.5 Å². The van der Waals surface area contributed by atoms with E-state index in [1.165, 1.54) is 37.0 Å². The van der Waals surface area contributed by atoms with Crippen molar-refractivity contribution in [2.75, 3.05) is 37.0 Å². The molecule has 0 saturated heterocycles. The van der Waals surface area contributed by atoms with Gasteiger partial charge in [0.25, 0.3) is 0 Å². The van der Waals surface area contributed by atoms with Gasteiger partial charge in [0, 0.05) is 0 Å². The molecule has 0 bridgehead atoms. The molecular weight excluding hydrogens is 1020 g/mol. The minimum atomic E-state index is -0.226. The first-order chi connectivity index (χ1) is 25.8. The van der Waals surface area contributed by atoms with Gasteiger partial charge in [0.05, 0.1) is 0 Å². The Hall–Kier alpha value is 1.36. The molecule has 0 spiro atoms. The third-order valence-corrected chi connectivity index (χ3v) is 18.4. The van der Waals surface area contributed by atoms with Gasteiger partial charge in [-0.25, -0.2) is 0 Å². The van der Waals surface area contributed by atoms with Gasteiger partial charge in [-0.1, -0.05) is 239 Å². The van der Waals surface area contributed by atoms with E-state index in [9.17, 15) is 0 Å². The summed E-state index contributed by atoms with van der Waals surface area (Å²) in [6, 6.07) is 33.3. The molecule has 0 unspecified atom stereocenters. The van der Waals surface area contributed by atoms with E-state index < -0.39 is 0 Å². The van der Waals surface area contributed by atoms with Crippen LogP contribution in [0.1, 0.15) is 125 Å². The summed E-state index contributed by atoms with van der Waals surface area (Å²) in [5.74, 6) is 0. The molecule has 9 heteroatoms. The summed E-state index contributed by atoms with van der Waals surface area (Å²) in [4.78, 5) is 0.